The number of unbranched alkanes of at least 4 members (excludes halogenated alkanes) is 1. The molecular formula is C11H23NO2S2. The molecule has 0 heterocycles. The summed E-state index contributed by atoms with van der Waals surface area (Å²) in [6, 6.07) is 0. The zero-order chi connectivity index (χ0) is 12.2. The van der Waals surface area contributed by atoms with Crippen molar-refractivity contribution < 1.29 is 9.53 Å². The Balaban J connectivity index is 3.30. The molecule has 0 spiro atoms. The molecule has 0 aliphatic carbocycles. The van der Waals surface area contributed by atoms with E-state index < -0.39 is 6.09 Å². The van der Waals surface area contributed by atoms with E-state index in [0.717, 1.165) is 11.7 Å². The van der Waals surface area contributed by atoms with Crippen LogP contribution in [0.2, 0.25) is 0 Å². The van der Waals surface area contributed by atoms with E-state index in [1.54, 1.807) is 10.8 Å². The first-order chi connectivity index (χ1) is 7.70. The summed E-state index contributed by atoms with van der Waals surface area (Å²) >= 11 is 0. The Bertz CT molecular complexity index is 179. The van der Waals surface area contributed by atoms with Gasteiger partial charge >= 0.3 is 6.09 Å². The third kappa shape index (κ3) is 10.5. The van der Waals surface area contributed by atoms with Crippen LogP contribution in [0.3, 0.4) is 0 Å². The first-order valence-corrected chi connectivity index (χ1v) is 8.36. The molecule has 1 amide bonds. The van der Waals surface area contributed by atoms with E-state index in [0.29, 0.717) is 6.61 Å². The van der Waals surface area contributed by atoms with Crippen molar-refractivity contribution in [2.24, 2.45) is 11.7 Å². The molecule has 1 atom stereocenters. The number of primary amides is 1. The van der Waals surface area contributed by atoms with E-state index in [2.05, 4.69) is 18.6 Å². The minimum atomic E-state index is -0.681. The summed E-state index contributed by atoms with van der Waals surface area (Å²) in [6.07, 6.45) is 4.51. The maximum Gasteiger partial charge on any atom is 0.404 e. The van der Waals surface area contributed by atoms with Crippen LogP contribution in [0.1, 0.15) is 39.5 Å². The van der Waals surface area contributed by atoms with Gasteiger partial charge < -0.3 is 10.5 Å². The average Bonchev–Trinajstić information content (AvgIpc) is 2.26. The van der Waals surface area contributed by atoms with Crippen molar-refractivity contribution in [1.82, 2.24) is 0 Å². The van der Waals surface area contributed by atoms with Crippen LogP contribution in [0.5, 0.6) is 0 Å². The van der Waals surface area contributed by atoms with Gasteiger partial charge in [-0.2, -0.15) is 0 Å². The molecule has 5 heteroatoms. The average molecular weight is 265 g/mol. The highest BCUT2D eigenvalue weighted by Gasteiger charge is 2.05. The molecule has 2 N–H and O–H groups in total. The summed E-state index contributed by atoms with van der Waals surface area (Å²) < 4.78 is 4.64. The smallest absolute Gasteiger partial charge is 0.404 e. The fourth-order valence-corrected chi connectivity index (χ4v) is 3.66. The fourth-order valence-electron chi connectivity index (χ4n) is 1.28. The van der Waals surface area contributed by atoms with E-state index in [1.807, 2.05) is 10.8 Å². The zero-order valence-corrected chi connectivity index (χ0v) is 11.9. The predicted molar refractivity (Wildman–Crippen MR) is 73.8 cm³/mol. The van der Waals surface area contributed by atoms with Gasteiger partial charge in [0.25, 0.3) is 0 Å². The largest absolute Gasteiger partial charge is 0.449 e. The van der Waals surface area contributed by atoms with E-state index in [1.165, 1.54) is 31.4 Å². The molecule has 16 heavy (non-hydrogen) atoms. The number of hydrogen-bond donors (Lipinski definition) is 1. The maximum absolute atomic E-state index is 10.3. The summed E-state index contributed by atoms with van der Waals surface area (Å²) in [6.45, 7) is 4.90. The van der Waals surface area contributed by atoms with Crippen molar-refractivity contribution in [3.8, 4) is 0 Å². The Hall–Kier alpha value is -0.0300. The Morgan fingerprint density at radius 3 is 2.69 bits per heavy atom. The minimum Gasteiger partial charge on any atom is -0.449 e. The Morgan fingerprint density at radius 1 is 1.38 bits per heavy atom. The molecule has 0 rings (SSSR count). The first-order valence-electron chi connectivity index (χ1n) is 5.87. The molecule has 0 aliphatic heterocycles. The van der Waals surface area contributed by atoms with Gasteiger partial charge in [-0.1, -0.05) is 54.7 Å². The molecular weight excluding hydrogens is 242 g/mol. The normalized spacial score (nSPS) is 12.4. The van der Waals surface area contributed by atoms with Gasteiger partial charge in [0.1, 0.15) is 6.61 Å². The molecule has 96 valence electrons. The van der Waals surface area contributed by atoms with Crippen LogP contribution >= 0.6 is 21.6 Å². The zero-order valence-electron chi connectivity index (χ0n) is 10.2. The fraction of sp³-hybridized carbons (Fsp3) is 0.909. The Kier molecular flexibility index (Phi) is 11.4. The summed E-state index contributed by atoms with van der Waals surface area (Å²) in [7, 11) is 3.63. The van der Waals surface area contributed by atoms with Crippen molar-refractivity contribution in [3.05, 3.63) is 0 Å². The third-order valence-electron chi connectivity index (χ3n) is 2.34. The van der Waals surface area contributed by atoms with Crippen molar-refractivity contribution >= 4 is 27.7 Å². The number of amides is 1. The van der Waals surface area contributed by atoms with Crippen molar-refractivity contribution in [2.75, 3.05) is 18.1 Å². The number of ether oxygens (including phenoxy) is 1. The summed E-state index contributed by atoms with van der Waals surface area (Å²) in [5.74, 6) is 2.84. The molecule has 0 aliphatic rings. The van der Waals surface area contributed by atoms with Crippen LogP contribution in [0.25, 0.3) is 0 Å². The minimum absolute atomic E-state index is 0.415. The second-order valence-electron chi connectivity index (χ2n) is 3.69. The van der Waals surface area contributed by atoms with Crippen LogP contribution in [0.4, 0.5) is 4.79 Å². The van der Waals surface area contributed by atoms with Crippen LogP contribution < -0.4 is 5.73 Å². The Morgan fingerprint density at radius 2 is 2.12 bits per heavy atom. The van der Waals surface area contributed by atoms with E-state index >= 15 is 0 Å². The molecule has 0 fully saturated rings. The summed E-state index contributed by atoms with van der Waals surface area (Å²) in [4.78, 5) is 10.3. The Labute approximate surface area is 107 Å². The van der Waals surface area contributed by atoms with Gasteiger partial charge in [0, 0.05) is 11.5 Å². The maximum atomic E-state index is 10.3. The number of nitrogens with two attached hydrogens (primary N) is 1. The predicted octanol–water partition coefficient (Wildman–Crippen LogP) is 3.68. The molecule has 0 aromatic rings. The monoisotopic (exact) mass is 265 g/mol. The molecule has 0 radical (unpaired) electrons. The van der Waals surface area contributed by atoms with Gasteiger partial charge in [0.05, 0.1) is 0 Å². The molecule has 0 aromatic carbocycles. The quantitative estimate of drug-likeness (QED) is 0.483. The van der Waals surface area contributed by atoms with Gasteiger partial charge in [-0.3, -0.25) is 0 Å². The molecule has 0 saturated carbocycles. The highest BCUT2D eigenvalue weighted by atomic mass is 33.1. The number of carbonyl (C=O) groups excluding carboxylic acids is 1. The van der Waals surface area contributed by atoms with Gasteiger partial charge in [0.2, 0.25) is 0 Å². The molecule has 0 unspecified atom stereocenters. The van der Waals surface area contributed by atoms with E-state index in [4.69, 9.17) is 5.73 Å². The lowest BCUT2D eigenvalue weighted by atomic mass is 10.0. The van der Waals surface area contributed by atoms with Gasteiger partial charge in [0.15, 0.2) is 0 Å². The topological polar surface area (TPSA) is 52.3 Å². The molecule has 0 bridgehead atoms. The van der Waals surface area contributed by atoms with E-state index in [-0.39, 0.29) is 0 Å². The number of hydrogen-bond acceptors (Lipinski definition) is 4. The van der Waals surface area contributed by atoms with Crippen LogP contribution in [-0.2, 0) is 4.74 Å². The van der Waals surface area contributed by atoms with Crippen molar-refractivity contribution in [2.45, 2.75) is 39.5 Å². The second-order valence-corrected chi connectivity index (χ2v) is 6.32. The molecule has 3 nitrogen and oxygen atoms in total. The summed E-state index contributed by atoms with van der Waals surface area (Å²) in [5.41, 5.74) is 4.85. The summed E-state index contributed by atoms with van der Waals surface area (Å²) in [5, 5.41) is 0. The first kappa shape index (κ1) is 16.0. The van der Waals surface area contributed by atoms with Gasteiger partial charge in [-0.05, 0) is 12.3 Å². The van der Waals surface area contributed by atoms with Gasteiger partial charge in [-0.25, -0.2) is 4.79 Å². The lowest BCUT2D eigenvalue weighted by Gasteiger charge is -2.12. The van der Waals surface area contributed by atoms with Crippen LogP contribution in [-0.4, -0.2) is 24.2 Å². The highest BCUT2D eigenvalue weighted by molar-refractivity contribution is 8.76. The standard InChI is InChI=1S/C11H23NO2S2/c1-3-5-6-10(4-2)9-16-15-8-7-14-11(12)13/h10H,3-9H2,1-2H3,(H2,12,13)/t10-/m1/s1. The highest BCUT2D eigenvalue weighted by Crippen LogP contribution is 2.27. The third-order valence-corrected chi connectivity index (χ3v) is 4.86. The number of rotatable bonds is 10. The van der Waals surface area contributed by atoms with Crippen LogP contribution in [0, 0.1) is 5.92 Å². The SMILES string of the molecule is CCCC[C@@H](CC)CSSCCOC(N)=O. The van der Waals surface area contributed by atoms with E-state index in [9.17, 15) is 4.79 Å². The second kappa shape index (κ2) is 11.5. The van der Waals surface area contributed by atoms with Crippen LogP contribution in [0.15, 0.2) is 0 Å². The molecule has 0 aromatic heterocycles. The lowest BCUT2D eigenvalue weighted by Crippen LogP contribution is -2.14. The number of carbonyl (C=O) groups is 1. The van der Waals surface area contributed by atoms with Gasteiger partial charge in [-0.15, -0.1) is 0 Å². The lowest BCUT2D eigenvalue weighted by molar-refractivity contribution is 0.164. The molecule has 0 saturated heterocycles. The van der Waals surface area contributed by atoms with Crippen molar-refractivity contribution in [1.29, 1.82) is 0 Å². The van der Waals surface area contributed by atoms with Crippen molar-refractivity contribution in [3.63, 3.8) is 0 Å².